The van der Waals surface area contributed by atoms with Gasteiger partial charge in [-0.2, -0.15) is 0 Å². The third-order valence-electron chi connectivity index (χ3n) is 4.14. The normalized spacial score (nSPS) is 15.6. The molecule has 6 heteroatoms. The van der Waals surface area contributed by atoms with Gasteiger partial charge in [0.15, 0.2) is 0 Å². The first-order valence-electron chi connectivity index (χ1n) is 7.43. The van der Waals surface area contributed by atoms with E-state index in [4.69, 9.17) is 5.73 Å². The smallest absolute Gasteiger partial charge is 0.220 e. The number of nitrogens with zero attached hydrogens (tertiary/aromatic N) is 4. The zero-order chi connectivity index (χ0) is 14.9. The summed E-state index contributed by atoms with van der Waals surface area (Å²) in [6.07, 6.45) is 3.79. The van der Waals surface area contributed by atoms with Crippen molar-refractivity contribution in [3.8, 4) is 0 Å². The van der Waals surface area contributed by atoms with Gasteiger partial charge in [0, 0.05) is 32.3 Å². The largest absolute Gasteiger partial charge is 0.368 e. The van der Waals surface area contributed by atoms with Gasteiger partial charge < -0.3 is 5.73 Å². The van der Waals surface area contributed by atoms with Gasteiger partial charge >= 0.3 is 0 Å². The topological polar surface area (TPSA) is 67.9 Å². The maximum atomic E-state index is 5.69. The number of nitrogens with two attached hydrogens (primary N) is 1. The van der Waals surface area contributed by atoms with Crippen molar-refractivity contribution in [2.75, 3.05) is 18.8 Å². The average molecular weight is 311 g/mol. The Bertz CT molecular complexity index is 813. The Morgan fingerprint density at radius 3 is 3.05 bits per heavy atom. The predicted octanol–water partition coefficient (Wildman–Crippen LogP) is 2.27. The predicted molar refractivity (Wildman–Crippen MR) is 88.7 cm³/mol. The molecule has 1 aliphatic rings. The highest BCUT2D eigenvalue weighted by atomic mass is 32.1. The van der Waals surface area contributed by atoms with Crippen LogP contribution in [-0.2, 0) is 19.4 Å². The minimum atomic E-state index is 0.376. The zero-order valence-electron chi connectivity index (χ0n) is 12.2. The van der Waals surface area contributed by atoms with Crippen molar-refractivity contribution in [2.24, 2.45) is 0 Å². The van der Waals surface area contributed by atoms with E-state index in [0.717, 1.165) is 43.7 Å². The molecule has 2 aromatic heterocycles. The van der Waals surface area contributed by atoms with Gasteiger partial charge in [0.1, 0.15) is 0 Å². The summed E-state index contributed by atoms with van der Waals surface area (Å²) in [4.78, 5) is 15.4. The summed E-state index contributed by atoms with van der Waals surface area (Å²) in [6.45, 7) is 2.97. The van der Waals surface area contributed by atoms with Crippen LogP contribution < -0.4 is 5.73 Å². The number of anilines is 1. The Hall–Kier alpha value is -2.05. The minimum Gasteiger partial charge on any atom is -0.368 e. The highest BCUT2D eigenvalue weighted by molar-refractivity contribution is 7.16. The van der Waals surface area contributed by atoms with Crippen LogP contribution in [0.5, 0.6) is 0 Å². The minimum absolute atomic E-state index is 0.376. The second kappa shape index (κ2) is 5.62. The Morgan fingerprint density at radius 2 is 2.09 bits per heavy atom. The molecule has 3 heterocycles. The third-order valence-corrected chi connectivity index (χ3v) is 4.95. The first-order valence-corrected chi connectivity index (χ1v) is 8.31. The molecule has 0 radical (unpaired) electrons. The fourth-order valence-electron chi connectivity index (χ4n) is 2.96. The lowest BCUT2D eigenvalue weighted by molar-refractivity contribution is 0.279. The van der Waals surface area contributed by atoms with Crippen molar-refractivity contribution < 1.29 is 0 Å². The number of thiazole rings is 1. The van der Waals surface area contributed by atoms with E-state index in [0.29, 0.717) is 5.95 Å². The molecular weight excluding hydrogens is 294 g/mol. The van der Waals surface area contributed by atoms with E-state index in [1.54, 1.807) is 11.3 Å². The Morgan fingerprint density at radius 1 is 1.18 bits per heavy atom. The van der Waals surface area contributed by atoms with Gasteiger partial charge in [-0.3, -0.25) is 4.90 Å². The lowest BCUT2D eigenvalue weighted by Crippen LogP contribution is -2.25. The van der Waals surface area contributed by atoms with Crippen LogP contribution in [0.3, 0.4) is 0 Å². The van der Waals surface area contributed by atoms with Gasteiger partial charge in [-0.25, -0.2) is 15.0 Å². The highest BCUT2D eigenvalue weighted by Crippen LogP contribution is 2.21. The average Bonchev–Trinajstić information content (AvgIpc) is 2.90. The van der Waals surface area contributed by atoms with E-state index in [-0.39, 0.29) is 0 Å². The van der Waals surface area contributed by atoms with E-state index in [1.165, 1.54) is 15.8 Å². The maximum Gasteiger partial charge on any atom is 0.220 e. The van der Waals surface area contributed by atoms with Crippen LogP contribution in [0.25, 0.3) is 10.2 Å². The number of rotatable bonds is 2. The quantitative estimate of drug-likeness (QED) is 0.786. The summed E-state index contributed by atoms with van der Waals surface area (Å²) >= 11 is 1.69. The molecule has 0 fully saturated rings. The Balaban J connectivity index is 1.50. The molecule has 1 aliphatic heterocycles. The van der Waals surface area contributed by atoms with Crippen LogP contribution in [-0.4, -0.2) is 32.9 Å². The van der Waals surface area contributed by atoms with Crippen LogP contribution >= 0.6 is 11.3 Å². The Labute approximate surface area is 132 Å². The first-order chi connectivity index (χ1) is 10.8. The zero-order valence-corrected chi connectivity index (χ0v) is 13.0. The van der Waals surface area contributed by atoms with E-state index in [9.17, 15) is 0 Å². The molecule has 0 aliphatic carbocycles. The molecule has 0 saturated heterocycles. The van der Waals surface area contributed by atoms with E-state index >= 15 is 0 Å². The number of hydrogen-bond donors (Lipinski definition) is 1. The molecular formula is C16H17N5S. The Kier molecular flexibility index (Phi) is 3.48. The summed E-state index contributed by atoms with van der Waals surface area (Å²) in [5.41, 5.74) is 12.3. The highest BCUT2D eigenvalue weighted by Gasteiger charge is 2.16. The molecule has 22 heavy (non-hydrogen) atoms. The molecule has 0 unspecified atom stereocenters. The number of hydrogen-bond acceptors (Lipinski definition) is 6. The molecule has 0 bridgehead atoms. The lowest BCUT2D eigenvalue weighted by Gasteiger charge is -2.19. The fourth-order valence-corrected chi connectivity index (χ4v) is 3.61. The van der Waals surface area contributed by atoms with Gasteiger partial charge in [0.25, 0.3) is 0 Å². The molecule has 4 rings (SSSR count). The second-order valence-electron chi connectivity index (χ2n) is 5.63. The molecule has 0 amide bonds. The van der Waals surface area contributed by atoms with E-state index in [2.05, 4.69) is 38.1 Å². The fraction of sp³-hybridized carbons (Fsp3) is 0.312. The lowest BCUT2D eigenvalue weighted by atomic mass is 10.1. The van der Waals surface area contributed by atoms with Crippen molar-refractivity contribution in [1.82, 2.24) is 19.9 Å². The van der Waals surface area contributed by atoms with Gasteiger partial charge in [0.2, 0.25) is 5.95 Å². The SMILES string of the molecule is Nc1ncc2c(n1)CCN(Cc1ccc3scnc3c1)CC2. The maximum absolute atomic E-state index is 5.69. The number of benzene rings is 1. The van der Waals surface area contributed by atoms with Gasteiger partial charge in [-0.05, 0) is 29.7 Å². The molecule has 0 saturated carbocycles. The van der Waals surface area contributed by atoms with E-state index in [1.807, 2.05) is 11.7 Å². The van der Waals surface area contributed by atoms with Crippen molar-refractivity contribution >= 4 is 27.5 Å². The summed E-state index contributed by atoms with van der Waals surface area (Å²) in [7, 11) is 0. The third kappa shape index (κ3) is 2.67. The van der Waals surface area contributed by atoms with E-state index < -0.39 is 0 Å². The molecule has 112 valence electrons. The first kappa shape index (κ1) is 13.6. The molecule has 3 aromatic rings. The standard InChI is InChI=1S/C16H17N5S/c17-16-18-8-12-3-5-21(6-4-13(12)20-16)9-11-1-2-15-14(7-11)19-10-22-15/h1-2,7-8,10H,3-6,9H2,(H2,17,18,20). The molecule has 5 nitrogen and oxygen atoms in total. The number of nitrogen functional groups attached to an aromatic ring is 1. The van der Waals surface area contributed by atoms with Crippen LogP contribution in [0.4, 0.5) is 5.95 Å². The van der Waals surface area contributed by atoms with Crippen molar-refractivity contribution in [2.45, 2.75) is 19.4 Å². The van der Waals surface area contributed by atoms with Crippen LogP contribution in [0.15, 0.2) is 29.9 Å². The summed E-state index contributed by atoms with van der Waals surface area (Å²) in [5.74, 6) is 0.376. The van der Waals surface area contributed by atoms with Gasteiger partial charge in [0.05, 0.1) is 21.4 Å². The van der Waals surface area contributed by atoms with Crippen molar-refractivity contribution in [3.05, 3.63) is 46.7 Å². The van der Waals surface area contributed by atoms with Crippen LogP contribution in [0, 0.1) is 0 Å². The summed E-state index contributed by atoms with van der Waals surface area (Å²) < 4.78 is 1.25. The molecule has 2 N–H and O–H groups in total. The van der Waals surface area contributed by atoms with Crippen molar-refractivity contribution in [1.29, 1.82) is 0 Å². The second-order valence-corrected chi connectivity index (χ2v) is 6.52. The van der Waals surface area contributed by atoms with Gasteiger partial charge in [-0.15, -0.1) is 11.3 Å². The monoisotopic (exact) mass is 311 g/mol. The van der Waals surface area contributed by atoms with Crippen molar-refractivity contribution in [3.63, 3.8) is 0 Å². The summed E-state index contributed by atoms with van der Waals surface area (Å²) in [5, 5.41) is 0. The molecule has 0 atom stereocenters. The summed E-state index contributed by atoms with van der Waals surface area (Å²) in [6, 6.07) is 6.57. The van der Waals surface area contributed by atoms with Crippen LogP contribution in [0.2, 0.25) is 0 Å². The van der Waals surface area contributed by atoms with Gasteiger partial charge in [-0.1, -0.05) is 6.07 Å². The number of fused-ring (bicyclic) bond motifs is 2. The number of aromatic nitrogens is 3. The van der Waals surface area contributed by atoms with Crippen LogP contribution in [0.1, 0.15) is 16.8 Å². The molecule has 0 spiro atoms. The molecule has 1 aromatic carbocycles.